The highest BCUT2D eigenvalue weighted by Crippen LogP contribution is 2.56. The van der Waals surface area contributed by atoms with E-state index in [-0.39, 0.29) is 11.5 Å². The highest BCUT2D eigenvalue weighted by atomic mass is 16.6. The van der Waals surface area contributed by atoms with Gasteiger partial charge in [0, 0.05) is 10.5 Å². The first-order valence-corrected chi connectivity index (χ1v) is 6.62. The van der Waals surface area contributed by atoms with Crippen molar-refractivity contribution in [2.45, 2.75) is 43.7 Å². The first kappa shape index (κ1) is 10.5. The molecule has 18 heavy (non-hydrogen) atoms. The number of benzene rings is 1. The van der Waals surface area contributed by atoms with Gasteiger partial charge in [-0.3, -0.25) is 10.1 Å². The lowest BCUT2D eigenvalue weighted by Crippen LogP contribution is -2.25. The minimum atomic E-state index is -0.650. The fourth-order valence-electron chi connectivity index (χ4n) is 4.09. The van der Waals surface area contributed by atoms with Crippen molar-refractivity contribution in [1.29, 1.82) is 0 Å². The van der Waals surface area contributed by atoms with Crippen LogP contribution in [-0.2, 0) is 11.3 Å². The van der Waals surface area contributed by atoms with Crippen molar-refractivity contribution in [2.75, 3.05) is 6.61 Å². The van der Waals surface area contributed by atoms with Gasteiger partial charge in [-0.05, 0) is 47.8 Å². The molecule has 0 spiro atoms. The van der Waals surface area contributed by atoms with Crippen molar-refractivity contribution in [1.82, 2.24) is 0 Å². The van der Waals surface area contributed by atoms with Crippen molar-refractivity contribution >= 4 is 0 Å². The van der Waals surface area contributed by atoms with Crippen LogP contribution >= 0.6 is 0 Å². The van der Waals surface area contributed by atoms with Crippen molar-refractivity contribution in [3.8, 4) is 0 Å². The highest BCUT2D eigenvalue weighted by Gasteiger charge is 2.43. The molecule has 4 heteroatoms. The molecule has 3 atom stereocenters. The zero-order valence-corrected chi connectivity index (χ0v) is 10.1. The molecule has 4 rings (SSSR count). The maximum absolute atomic E-state index is 11.2. The Kier molecular flexibility index (Phi) is 2.07. The summed E-state index contributed by atoms with van der Waals surface area (Å²) in [6.45, 7) is 0.762. The van der Waals surface area contributed by atoms with E-state index >= 15 is 0 Å². The zero-order valence-electron chi connectivity index (χ0n) is 10.1. The fraction of sp³-hybridized carbons (Fsp3) is 0.571. The summed E-state index contributed by atoms with van der Waals surface area (Å²) < 4.78 is 5.37. The van der Waals surface area contributed by atoms with E-state index in [1.807, 2.05) is 6.07 Å². The monoisotopic (exact) mass is 245 g/mol. The average molecular weight is 245 g/mol. The summed E-state index contributed by atoms with van der Waals surface area (Å²) in [6.07, 6.45) is 3.67. The Morgan fingerprint density at radius 3 is 2.89 bits per heavy atom. The second-order valence-electron chi connectivity index (χ2n) is 5.66. The first-order valence-electron chi connectivity index (χ1n) is 6.62. The summed E-state index contributed by atoms with van der Waals surface area (Å²) >= 11 is 0. The van der Waals surface area contributed by atoms with Crippen LogP contribution in [0.2, 0.25) is 0 Å². The Hall–Kier alpha value is -1.42. The smallest absolute Gasteiger partial charge is 0.261 e. The summed E-state index contributed by atoms with van der Waals surface area (Å²) in [7, 11) is 0. The van der Waals surface area contributed by atoms with Crippen LogP contribution in [0.4, 0.5) is 0 Å². The van der Waals surface area contributed by atoms with Crippen molar-refractivity contribution < 1.29 is 9.66 Å². The Labute approximate surface area is 105 Å². The van der Waals surface area contributed by atoms with E-state index in [1.54, 1.807) is 0 Å². The fourth-order valence-corrected chi connectivity index (χ4v) is 4.09. The van der Waals surface area contributed by atoms with Crippen LogP contribution in [0.5, 0.6) is 0 Å². The molecule has 2 bridgehead atoms. The van der Waals surface area contributed by atoms with Gasteiger partial charge in [0.05, 0.1) is 6.61 Å². The molecule has 1 aromatic carbocycles. The van der Waals surface area contributed by atoms with Gasteiger partial charge in [-0.25, -0.2) is 0 Å². The van der Waals surface area contributed by atoms with E-state index in [1.165, 1.54) is 30.4 Å². The molecule has 0 radical (unpaired) electrons. The number of fused-ring (bicyclic) bond motifs is 7. The second-order valence-corrected chi connectivity index (χ2v) is 5.66. The van der Waals surface area contributed by atoms with Gasteiger partial charge in [-0.2, -0.15) is 0 Å². The van der Waals surface area contributed by atoms with Gasteiger partial charge in [0.1, 0.15) is 6.61 Å². The number of ether oxygens (including phenoxy) is 1. The molecule has 1 saturated carbocycles. The molecule has 3 unspecified atom stereocenters. The van der Waals surface area contributed by atoms with E-state index in [0.29, 0.717) is 18.4 Å². The maximum atomic E-state index is 11.2. The Morgan fingerprint density at radius 2 is 2.06 bits per heavy atom. The lowest BCUT2D eigenvalue weighted by Gasteiger charge is -2.26. The topological polar surface area (TPSA) is 52.4 Å². The molecule has 0 saturated heterocycles. The normalized spacial score (nSPS) is 32.1. The van der Waals surface area contributed by atoms with Crippen LogP contribution in [-0.4, -0.2) is 11.5 Å². The van der Waals surface area contributed by atoms with Gasteiger partial charge in [0.25, 0.3) is 6.04 Å². The van der Waals surface area contributed by atoms with E-state index in [0.717, 1.165) is 11.1 Å². The third kappa shape index (κ3) is 1.24. The average Bonchev–Trinajstić information content (AvgIpc) is 2.98. The van der Waals surface area contributed by atoms with Crippen molar-refractivity contribution in [2.24, 2.45) is 0 Å². The molecule has 3 aliphatic rings. The predicted molar refractivity (Wildman–Crippen MR) is 65.2 cm³/mol. The molecule has 94 valence electrons. The van der Waals surface area contributed by atoms with Crippen LogP contribution in [0.1, 0.15) is 59.4 Å². The minimum absolute atomic E-state index is 0.176. The molecular weight excluding hydrogens is 230 g/mol. The van der Waals surface area contributed by atoms with E-state index in [9.17, 15) is 10.1 Å². The number of rotatable bonds is 1. The van der Waals surface area contributed by atoms with Crippen LogP contribution in [0.3, 0.4) is 0 Å². The van der Waals surface area contributed by atoms with Gasteiger partial charge in [-0.1, -0.05) is 12.1 Å². The second kappa shape index (κ2) is 3.54. The van der Waals surface area contributed by atoms with Gasteiger partial charge >= 0.3 is 0 Å². The molecule has 1 aliphatic heterocycles. The number of hydrogen-bond acceptors (Lipinski definition) is 3. The molecule has 0 N–H and O–H groups in total. The SMILES string of the molecule is O=[N+]([O-])C1COCc2ccc3c(c21)C1CCC3C1. The summed E-state index contributed by atoms with van der Waals surface area (Å²) in [4.78, 5) is 11.1. The van der Waals surface area contributed by atoms with Gasteiger partial charge < -0.3 is 4.74 Å². The summed E-state index contributed by atoms with van der Waals surface area (Å²) in [5.41, 5.74) is 4.73. The van der Waals surface area contributed by atoms with E-state index < -0.39 is 6.04 Å². The molecule has 1 fully saturated rings. The molecule has 1 heterocycles. The molecule has 4 nitrogen and oxygen atoms in total. The quantitative estimate of drug-likeness (QED) is 0.564. The van der Waals surface area contributed by atoms with E-state index in [2.05, 4.69) is 6.07 Å². The lowest BCUT2D eigenvalue weighted by molar-refractivity contribution is -0.535. The van der Waals surface area contributed by atoms with Gasteiger partial charge in [0.2, 0.25) is 0 Å². The molecule has 1 aromatic rings. The third-order valence-electron chi connectivity index (χ3n) is 4.81. The Morgan fingerprint density at radius 1 is 1.22 bits per heavy atom. The molecule has 2 aliphatic carbocycles. The zero-order chi connectivity index (χ0) is 12.3. The lowest BCUT2D eigenvalue weighted by atomic mass is 9.83. The number of hydrogen-bond donors (Lipinski definition) is 0. The Balaban J connectivity index is 1.94. The summed E-state index contributed by atoms with van der Waals surface area (Å²) in [6, 6.07) is 3.58. The van der Waals surface area contributed by atoms with Crippen LogP contribution in [0.15, 0.2) is 12.1 Å². The van der Waals surface area contributed by atoms with Crippen LogP contribution in [0, 0.1) is 10.1 Å². The Bertz CT molecular complexity index is 540. The number of nitro groups is 1. The maximum Gasteiger partial charge on any atom is 0.261 e. The number of nitrogens with zero attached hydrogens (tertiary/aromatic N) is 1. The van der Waals surface area contributed by atoms with Crippen molar-refractivity contribution in [3.63, 3.8) is 0 Å². The largest absolute Gasteiger partial charge is 0.369 e. The minimum Gasteiger partial charge on any atom is -0.369 e. The van der Waals surface area contributed by atoms with Crippen LogP contribution in [0.25, 0.3) is 0 Å². The molecule has 0 aromatic heterocycles. The highest BCUT2D eigenvalue weighted by molar-refractivity contribution is 5.51. The van der Waals surface area contributed by atoms with E-state index in [4.69, 9.17) is 4.74 Å². The third-order valence-corrected chi connectivity index (χ3v) is 4.81. The van der Waals surface area contributed by atoms with Gasteiger partial charge in [0.15, 0.2) is 0 Å². The molecular formula is C14H15NO3. The van der Waals surface area contributed by atoms with Gasteiger partial charge in [-0.15, -0.1) is 0 Å². The summed E-state index contributed by atoms with van der Waals surface area (Å²) in [5.74, 6) is 1.23. The summed E-state index contributed by atoms with van der Waals surface area (Å²) in [5, 5.41) is 11.2. The van der Waals surface area contributed by atoms with Crippen LogP contribution < -0.4 is 0 Å². The predicted octanol–water partition coefficient (Wildman–Crippen LogP) is 2.90. The first-order chi connectivity index (χ1) is 8.75. The standard InChI is InChI=1S/C14H15NO3/c16-15(17)12-7-18-6-10-3-4-11-8-1-2-9(5-8)13(11)14(10)12/h3-4,8-9,12H,1-2,5-7H2. The molecule has 0 amide bonds. The van der Waals surface area contributed by atoms with Crippen molar-refractivity contribution in [3.05, 3.63) is 44.5 Å².